The van der Waals surface area contributed by atoms with E-state index in [2.05, 4.69) is 21.1 Å². The van der Waals surface area contributed by atoms with Crippen molar-refractivity contribution in [1.82, 2.24) is 13.9 Å². The van der Waals surface area contributed by atoms with E-state index in [1.54, 1.807) is 6.20 Å². The van der Waals surface area contributed by atoms with Crippen LogP contribution in [-0.2, 0) is 6.54 Å². The van der Waals surface area contributed by atoms with Gasteiger partial charge in [-0.2, -0.15) is 4.37 Å². The Labute approximate surface area is 131 Å². The van der Waals surface area contributed by atoms with Crippen molar-refractivity contribution in [2.75, 3.05) is 4.31 Å². The topological polar surface area (TPSA) is 46.3 Å². The minimum absolute atomic E-state index is 0.168. The summed E-state index contributed by atoms with van der Waals surface area (Å²) in [6.45, 7) is 9.50. The number of rotatable bonds is 6. The van der Waals surface area contributed by atoms with E-state index in [1.165, 1.54) is 15.8 Å². The second-order valence-corrected chi connectivity index (χ2v) is 5.89. The van der Waals surface area contributed by atoms with Crippen LogP contribution < -0.4 is 4.31 Å². The molecule has 0 N–H and O–H groups in total. The van der Waals surface area contributed by atoms with Gasteiger partial charge in [0.1, 0.15) is 10.8 Å². The Hall–Kier alpha value is -1.67. The number of hydrogen-bond acceptors (Lipinski definition) is 6. The summed E-state index contributed by atoms with van der Waals surface area (Å²) >= 11 is 1.43. The highest BCUT2D eigenvalue weighted by Gasteiger charge is 2.15. The lowest BCUT2D eigenvalue weighted by atomic mass is 10.4. The maximum atomic E-state index is 13.2. The molecule has 0 fully saturated rings. The van der Waals surface area contributed by atoms with Crippen LogP contribution in [0.2, 0.25) is 0 Å². The molecule has 2 heterocycles. The molecule has 2 aromatic heterocycles. The SMILES string of the molecule is C=N/C(C)=C\n1c(C)cnc1CN(SF)c1cc(C)ns1. The van der Waals surface area contributed by atoms with E-state index in [0.29, 0.717) is 6.54 Å². The zero-order valence-corrected chi connectivity index (χ0v) is 13.7. The van der Waals surface area contributed by atoms with Crippen LogP contribution >= 0.6 is 23.9 Å². The maximum absolute atomic E-state index is 13.2. The molecule has 0 aliphatic carbocycles. The molecule has 0 spiro atoms. The first-order valence-corrected chi connectivity index (χ1v) is 7.67. The predicted octanol–water partition coefficient (Wildman–Crippen LogP) is 4.01. The molecule has 112 valence electrons. The van der Waals surface area contributed by atoms with Crippen LogP contribution in [0.1, 0.15) is 24.1 Å². The van der Waals surface area contributed by atoms with Crippen LogP contribution in [0, 0.1) is 13.8 Å². The summed E-state index contributed by atoms with van der Waals surface area (Å²) in [5, 5.41) is 0.759. The van der Waals surface area contributed by atoms with Gasteiger partial charge in [-0.05, 0) is 45.1 Å². The minimum Gasteiger partial charge on any atom is -0.304 e. The number of nitrogens with zero attached hydrogens (tertiary/aromatic N) is 5. The maximum Gasteiger partial charge on any atom is 0.166 e. The van der Waals surface area contributed by atoms with Crippen molar-refractivity contribution in [3.05, 3.63) is 35.2 Å². The quantitative estimate of drug-likeness (QED) is 0.594. The third kappa shape index (κ3) is 3.70. The van der Waals surface area contributed by atoms with Crippen LogP contribution in [0.5, 0.6) is 0 Å². The number of halogens is 1. The van der Waals surface area contributed by atoms with Crippen LogP contribution in [0.15, 0.2) is 23.0 Å². The van der Waals surface area contributed by atoms with Gasteiger partial charge in [0.25, 0.3) is 0 Å². The molecular weight excluding hydrogens is 309 g/mol. The van der Waals surface area contributed by atoms with Crippen LogP contribution in [-0.4, -0.2) is 20.6 Å². The summed E-state index contributed by atoms with van der Waals surface area (Å²) in [6, 6.07) is 1.85. The van der Waals surface area contributed by atoms with E-state index in [1.807, 2.05) is 37.6 Å². The average molecular weight is 325 g/mol. The molecule has 0 saturated heterocycles. The van der Waals surface area contributed by atoms with E-state index in [-0.39, 0.29) is 12.3 Å². The normalized spacial score (nSPS) is 11.7. The molecule has 5 nitrogen and oxygen atoms in total. The van der Waals surface area contributed by atoms with E-state index in [4.69, 9.17) is 0 Å². The van der Waals surface area contributed by atoms with Crippen molar-refractivity contribution in [2.45, 2.75) is 27.3 Å². The summed E-state index contributed by atoms with van der Waals surface area (Å²) in [5.74, 6) is 0.728. The fraction of sp³-hybridized carbons (Fsp3) is 0.308. The highest BCUT2D eigenvalue weighted by molar-refractivity contribution is 7.95. The molecule has 0 aliphatic rings. The standard InChI is InChI=1S/C13H16FN5S2/c1-9-5-13(20-17-9)19(21-14)8-12-16-6-11(3)18(12)7-10(2)15-4/h5-7H,4,8H2,1-3H3/b10-7-. The molecular formula is C13H16FN5S2. The molecule has 0 saturated carbocycles. The number of anilines is 1. The molecule has 0 bridgehead atoms. The number of allylic oxidation sites excluding steroid dienone is 1. The fourth-order valence-electron chi connectivity index (χ4n) is 1.75. The highest BCUT2D eigenvalue weighted by Crippen LogP contribution is 2.30. The highest BCUT2D eigenvalue weighted by atomic mass is 32.2. The van der Waals surface area contributed by atoms with Gasteiger partial charge in [-0.1, -0.05) is 0 Å². The Morgan fingerprint density at radius 3 is 2.95 bits per heavy atom. The van der Waals surface area contributed by atoms with Crippen LogP contribution in [0.3, 0.4) is 0 Å². The second-order valence-electron chi connectivity index (χ2n) is 4.53. The third-order valence-corrected chi connectivity index (χ3v) is 4.37. The van der Waals surface area contributed by atoms with Gasteiger partial charge >= 0.3 is 0 Å². The van der Waals surface area contributed by atoms with Crippen molar-refractivity contribution in [3.63, 3.8) is 0 Å². The summed E-state index contributed by atoms with van der Waals surface area (Å²) in [7, 11) is 0. The number of aliphatic imine (C=N–C) groups is 1. The molecule has 0 aromatic carbocycles. The van der Waals surface area contributed by atoms with E-state index in [9.17, 15) is 3.89 Å². The van der Waals surface area contributed by atoms with Crippen molar-refractivity contribution < 1.29 is 3.89 Å². The lowest BCUT2D eigenvalue weighted by molar-refractivity contribution is 0.854. The summed E-state index contributed by atoms with van der Waals surface area (Å²) in [5.41, 5.74) is 2.60. The summed E-state index contributed by atoms with van der Waals surface area (Å²) in [6.07, 6.45) is 3.59. The van der Waals surface area contributed by atoms with Crippen molar-refractivity contribution in [1.29, 1.82) is 0 Å². The largest absolute Gasteiger partial charge is 0.304 e. The Balaban J connectivity index is 2.28. The molecule has 0 unspecified atom stereocenters. The molecule has 0 atom stereocenters. The van der Waals surface area contributed by atoms with Crippen molar-refractivity contribution in [3.8, 4) is 0 Å². The third-order valence-electron chi connectivity index (χ3n) is 2.85. The Bertz CT molecular complexity index is 661. The zero-order chi connectivity index (χ0) is 15.4. The van der Waals surface area contributed by atoms with Crippen LogP contribution in [0.4, 0.5) is 8.89 Å². The smallest absolute Gasteiger partial charge is 0.166 e. The first-order chi connectivity index (χ1) is 10.0. The summed E-state index contributed by atoms with van der Waals surface area (Å²) in [4.78, 5) is 8.21. The molecule has 0 aliphatic heterocycles. The summed E-state index contributed by atoms with van der Waals surface area (Å²) < 4.78 is 20.8. The van der Waals surface area contributed by atoms with Gasteiger partial charge < -0.3 is 4.57 Å². The fourth-order valence-corrected chi connectivity index (χ4v) is 2.89. The second kappa shape index (κ2) is 6.86. The molecule has 0 radical (unpaired) electrons. The lowest BCUT2D eigenvalue weighted by Gasteiger charge is -2.16. The average Bonchev–Trinajstić information content (AvgIpc) is 3.04. The zero-order valence-electron chi connectivity index (χ0n) is 12.1. The number of imidazole rings is 1. The first-order valence-electron chi connectivity index (χ1n) is 6.22. The van der Waals surface area contributed by atoms with Crippen molar-refractivity contribution >= 4 is 41.8 Å². The molecule has 8 heteroatoms. The number of hydrogen-bond donors (Lipinski definition) is 0. The minimum atomic E-state index is 0.168. The van der Waals surface area contributed by atoms with Gasteiger partial charge in [0.05, 0.1) is 17.9 Å². The Kier molecular flexibility index (Phi) is 5.13. The van der Waals surface area contributed by atoms with Crippen LogP contribution in [0.25, 0.3) is 6.20 Å². The van der Waals surface area contributed by atoms with E-state index in [0.717, 1.165) is 27.9 Å². The molecule has 2 rings (SSSR count). The first kappa shape index (κ1) is 15.7. The van der Waals surface area contributed by atoms with Gasteiger partial charge in [0, 0.05) is 18.1 Å². The molecule has 2 aromatic rings. The van der Waals surface area contributed by atoms with E-state index >= 15 is 0 Å². The van der Waals surface area contributed by atoms with Gasteiger partial charge in [-0.15, -0.1) is 3.89 Å². The predicted molar refractivity (Wildman–Crippen MR) is 88.2 cm³/mol. The van der Waals surface area contributed by atoms with Gasteiger partial charge in [0.2, 0.25) is 0 Å². The van der Waals surface area contributed by atoms with Gasteiger partial charge in [-0.3, -0.25) is 9.30 Å². The van der Waals surface area contributed by atoms with Gasteiger partial charge in [-0.25, -0.2) is 4.98 Å². The Morgan fingerprint density at radius 1 is 1.62 bits per heavy atom. The van der Waals surface area contributed by atoms with Crippen molar-refractivity contribution in [2.24, 2.45) is 4.99 Å². The molecule has 0 amide bonds. The number of aryl methyl sites for hydroxylation is 2. The Morgan fingerprint density at radius 2 is 2.38 bits per heavy atom. The lowest BCUT2D eigenvalue weighted by Crippen LogP contribution is -2.14. The monoisotopic (exact) mass is 325 g/mol. The van der Waals surface area contributed by atoms with Gasteiger partial charge in [0.15, 0.2) is 12.3 Å². The molecule has 21 heavy (non-hydrogen) atoms. The number of aromatic nitrogens is 3. The van der Waals surface area contributed by atoms with E-state index < -0.39 is 0 Å².